The van der Waals surface area contributed by atoms with E-state index in [0.29, 0.717) is 0 Å². The quantitative estimate of drug-likeness (QED) is 0.359. The van der Waals surface area contributed by atoms with Gasteiger partial charge >= 0.3 is 0 Å². The Morgan fingerprint density at radius 3 is 2.25 bits per heavy atom. The standard InChI is InChI=1S/C19H17FN2S2.C11H16N2O.CH5N/c20-16-5-1-15(2-6-16)19-21-13-18(24-19)14-3-7-17(8-4-14)22-9-11-23-12-10-22;12-8-11(6-7-11)13-10(14)9-4-2-1-3-5-9;1-2/h1-8,13H,9-12H2;9H,1-7H2,(H,13,14);2H2,1H3. The summed E-state index contributed by atoms with van der Waals surface area (Å²) in [5, 5.41) is 12.6. The lowest BCUT2D eigenvalue weighted by molar-refractivity contribution is -0.126. The van der Waals surface area contributed by atoms with Crippen molar-refractivity contribution in [2.24, 2.45) is 11.7 Å². The lowest BCUT2D eigenvalue weighted by Gasteiger charge is -2.28. The topological polar surface area (TPSA) is 95.0 Å². The van der Waals surface area contributed by atoms with E-state index < -0.39 is 5.54 Å². The molecular formula is C31H38FN5OS2. The van der Waals surface area contributed by atoms with E-state index >= 15 is 0 Å². The lowest BCUT2D eigenvalue weighted by atomic mass is 9.88. The molecule has 3 fully saturated rings. The van der Waals surface area contributed by atoms with Crippen LogP contribution in [0.15, 0.2) is 54.7 Å². The van der Waals surface area contributed by atoms with Gasteiger partial charge in [-0.1, -0.05) is 31.4 Å². The Kier molecular flexibility index (Phi) is 11.0. The van der Waals surface area contributed by atoms with Gasteiger partial charge in [-0.15, -0.1) is 11.3 Å². The van der Waals surface area contributed by atoms with Crippen molar-refractivity contribution in [1.82, 2.24) is 10.3 Å². The van der Waals surface area contributed by atoms with Crippen LogP contribution in [0.25, 0.3) is 21.0 Å². The number of hydrogen-bond acceptors (Lipinski definition) is 7. The number of carbonyl (C=O) groups is 1. The fourth-order valence-corrected chi connectivity index (χ4v) is 6.71. The number of thioether (sulfide) groups is 1. The number of hydrogen-bond donors (Lipinski definition) is 2. The van der Waals surface area contributed by atoms with Gasteiger partial charge in [0.1, 0.15) is 16.4 Å². The molecule has 2 aliphatic carbocycles. The smallest absolute Gasteiger partial charge is 0.224 e. The molecule has 0 radical (unpaired) electrons. The molecule has 40 heavy (non-hydrogen) atoms. The van der Waals surface area contributed by atoms with Crippen molar-refractivity contribution >= 4 is 34.7 Å². The van der Waals surface area contributed by atoms with Crippen molar-refractivity contribution < 1.29 is 9.18 Å². The van der Waals surface area contributed by atoms with E-state index in [2.05, 4.69) is 51.3 Å². The fraction of sp³-hybridized carbons (Fsp3) is 0.452. The predicted molar refractivity (Wildman–Crippen MR) is 165 cm³/mol. The van der Waals surface area contributed by atoms with Crippen LogP contribution in [0.5, 0.6) is 0 Å². The number of nitriles is 1. The molecule has 2 heterocycles. The molecule has 9 heteroatoms. The van der Waals surface area contributed by atoms with Crippen LogP contribution < -0.4 is 16.0 Å². The first-order valence-corrected chi connectivity index (χ1v) is 16.0. The average molecular weight is 580 g/mol. The maximum absolute atomic E-state index is 13.0. The van der Waals surface area contributed by atoms with Gasteiger partial charge in [-0.05, 0) is 74.7 Å². The minimum Gasteiger partial charge on any atom is -0.370 e. The second-order valence-electron chi connectivity index (χ2n) is 10.2. The van der Waals surface area contributed by atoms with E-state index in [1.54, 1.807) is 23.5 Å². The Balaban J connectivity index is 0.000000197. The van der Waals surface area contributed by atoms with Crippen LogP contribution in [0.4, 0.5) is 10.1 Å². The number of nitrogens with zero attached hydrogens (tertiary/aromatic N) is 3. The highest BCUT2D eigenvalue weighted by atomic mass is 32.2. The van der Waals surface area contributed by atoms with Crippen LogP contribution in [0.2, 0.25) is 0 Å². The lowest BCUT2D eigenvalue weighted by Crippen LogP contribution is -2.40. The summed E-state index contributed by atoms with van der Waals surface area (Å²) in [4.78, 5) is 19.8. The van der Waals surface area contributed by atoms with Gasteiger partial charge in [-0.3, -0.25) is 4.79 Å². The number of benzene rings is 2. The van der Waals surface area contributed by atoms with Crippen molar-refractivity contribution in [2.45, 2.75) is 50.5 Å². The average Bonchev–Trinajstić information content (AvgIpc) is 3.63. The summed E-state index contributed by atoms with van der Waals surface area (Å²) < 4.78 is 13.0. The maximum Gasteiger partial charge on any atom is 0.224 e. The molecule has 6 nitrogen and oxygen atoms in total. The molecule has 0 spiro atoms. The van der Waals surface area contributed by atoms with E-state index in [9.17, 15) is 9.18 Å². The zero-order valence-corrected chi connectivity index (χ0v) is 24.7. The first-order valence-electron chi connectivity index (χ1n) is 14.0. The molecule has 1 aliphatic heterocycles. The first-order chi connectivity index (χ1) is 19.5. The number of rotatable bonds is 5. The fourth-order valence-electron chi connectivity index (χ4n) is 4.88. The molecule has 0 unspecified atom stereocenters. The van der Waals surface area contributed by atoms with Gasteiger partial charge in [0, 0.05) is 48.0 Å². The van der Waals surface area contributed by atoms with E-state index in [-0.39, 0.29) is 17.6 Å². The number of anilines is 1. The molecule has 6 rings (SSSR count). The van der Waals surface area contributed by atoms with Crippen molar-refractivity contribution in [3.8, 4) is 27.1 Å². The summed E-state index contributed by atoms with van der Waals surface area (Å²) in [5.74, 6) is 2.48. The van der Waals surface area contributed by atoms with Gasteiger partial charge in [-0.2, -0.15) is 17.0 Å². The summed E-state index contributed by atoms with van der Waals surface area (Å²) in [6, 6.07) is 17.4. The van der Waals surface area contributed by atoms with Crippen molar-refractivity contribution in [3.63, 3.8) is 0 Å². The molecule has 212 valence electrons. The van der Waals surface area contributed by atoms with Crippen LogP contribution in [-0.4, -0.2) is 48.1 Å². The van der Waals surface area contributed by atoms with Crippen LogP contribution in [0, 0.1) is 23.1 Å². The highest BCUT2D eigenvalue weighted by Gasteiger charge is 2.45. The van der Waals surface area contributed by atoms with E-state index in [1.165, 1.54) is 48.4 Å². The Hall–Kier alpha value is -2.93. The van der Waals surface area contributed by atoms with Gasteiger partial charge < -0.3 is 16.0 Å². The first kappa shape index (κ1) is 30.0. The molecule has 2 saturated carbocycles. The van der Waals surface area contributed by atoms with Crippen molar-refractivity contribution in [3.05, 3.63) is 60.5 Å². The summed E-state index contributed by atoms with van der Waals surface area (Å²) in [6.07, 6.45) is 9.17. The Bertz CT molecular complexity index is 1260. The van der Waals surface area contributed by atoms with Crippen LogP contribution in [-0.2, 0) is 4.79 Å². The molecular weight excluding hydrogens is 542 g/mol. The number of nitrogens with two attached hydrogens (primary N) is 1. The van der Waals surface area contributed by atoms with Crippen molar-refractivity contribution in [1.29, 1.82) is 5.26 Å². The zero-order chi connectivity index (χ0) is 28.4. The van der Waals surface area contributed by atoms with Crippen LogP contribution in [0.3, 0.4) is 0 Å². The van der Waals surface area contributed by atoms with Crippen molar-refractivity contribution in [2.75, 3.05) is 36.5 Å². The molecule has 2 aromatic carbocycles. The van der Waals surface area contributed by atoms with Gasteiger partial charge in [0.25, 0.3) is 0 Å². The van der Waals surface area contributed by atoms with Gasteiger partial charge in [0.15, 0.2) is 0 Å². The minimum atomic E-state index is -0.478. The SMILES string of the molecule is CN.Fc1ccc(-c2ncc(-c3ccc(N4CCSCC4)cc3)s2)cc1.N#CC1(NC(=O)C2CCCCC2)CC1. The third kappa shape index (κ3) is 8.06. The van der Waals surface area contributed by atoms with E-state index in [4.69, 9.17) is 5.26 Å². The molecule has 1 amide bonds. The third-order valence-electron chi connectivity index (χ3n) is 7.43. The van der Waals surface area contributed by atoms with Gasteiger partial charge in [0.05, 0.1) is 10.9 Å². The molecule has 1 aromatic heterocycles. The molecule has 0 atom stereocenters. The summed E-state index contributed by atoms with van der Waals surface area (Å²) in [6.45, 7) is 2.25. The summed E-state index contributed by atoms with van der Waals surface area (Å²) in [7, 11) is 1.50. The molecule has 1 saturated heterocycles. The summed E-state index contributed by atoms with van der Waals surface area (Å²) >= 11 is 3.66. The normalized spacial score (nSPS) is 17.8. The number of aromatic nitrogens is 1. The molecule has 3 N–H and O–H groups in total. The Morgan fingerprint density at radius 2 is 1.65 bits per heavy atom. The van der Waals surface area contributed by atoms with Crippen LogP contribution >= 0.6 is 23.1 Å². The third-order valence-corrected chi connectivity index (χ3v) is 9.47. The van der Waals surface area contributed by atoms with Gasteiger partial charge in [0.2, 0.25) is 5.91 Å². The number of carbonyl (C=O) groups excluding carboxylic acids is 1. The predicted octanol–water partition coefficient (Wildman–Crippen LogP) is 6.48. The highest BCUT2D eigenvalue weighted by Crippen LogP contribution is 2.36. The molecule has 0 bridgehead atoms. The minimum absolute atomic E-state index is 0.115. The number of halogens is 1. The maximum atomic E-state index is 13.0. The van der Waals surface area contributed by atoms with E-state index in [0.717, 1.165) is 67.1 Å². The second-order valence-corrected chi connectivity index (χ2v) is 12.5. The second kappa shape index (κ2) is 14.6. The Morgan fingerprint density at radius 1 is 1.02 bits per heavy atom. The molecule has 3 aromatic rings. The monoisotopic (exact) mass is 579 g/mol. The van der Waals surface area contributed by atoms with Crippen LogP contribution in [0.1, 0.15) is 44.9 Å². The molecule has 3 aliphatic rings. The number of amides is 1. The largest absolute Gasteiger partial charge is 0.370 e. The number of nitrogens with one attached hydrogen (secondary N) is 1. The number of thiazole rings is 1. The highest BCUT2D eigenvalue weighted by molar-refractivity contribution is 7.99. The van der Waals surface area contributed by atoms with Gasteiger partial charge in [-0.25, -0.2) is 9.37 Å². The van der Waals surface area contributed by atoms with E-state index in [1.807, 2.05) is 18.0 Å². The summed E-state index contributed by atoms with van der Waals surface area (Å²) in [5.41, 5.74) is 7.45. The zero-order valence-electron chi connectivity index (χ0n) is 23.1. The Labute approximate surface area is 245 Å².